The Morgan fingerprint density at radius 1 is 1.27 bits per heavy atom. The molecule has 6 nitrogen and oxygen atoms in total. The summed E-state index contributed by atoms with van der Waals surface area (Å²) in [5.41, 5.74) is 0.607. The van der Waals surface area contributed by atoms with Gasteiger partial charge < -0.3 is 10.6 Å². The predicted molar refractivity (Wildman–Crippen MR) is 81.6 cm³/mol. The molecule has 8 heteroatoms. The van der Waals surface area contributed by atoms with Gasteiger partial charge in [-0.15, -0.1) is 0 Å². The van der Waals surface area contributed by atoms with Crippen molar-refractivity contribution in [1.29, 1.82) is 0 Å². The number of carbonyl (C=O) groups is 1. The molecule has 0 saturated carbocycles. The van der Waals surface area contributed by atoms with Crippen molar-refractivity contribution in [2.24, 2.45) is 0 Å². The largest absolute Gasteiger partial charge is 0.375 e. The van der Waals surface area contributed by atoms with Crippen LogP contribution in [0.15, 0.2) is 42.5 Å². The maximum atomic E-state index is 12.9. The molecule has 22 heavy (non-hydrogen) atoms. The number of nitrogens with zero attached hydrogens (tertiary/aromatic N) is 1. The van der Waals surface area contributed by atoms with Crippen LogP contribution in [-0.2, 0) is 4.79 Å². The molecule has 0 spiro atoms. The highest BCUT2D eigenvalue weighted by Gasteiger charge is 2.09. The molecule has 0 heterocycles. The third kappa shape index (κ3) is 4.16. The van der Waals surface area contributed by atoms with Gasteiger partial charge in [0.1, 0.15) is 5.82 Å². The zero-order valence-corrected chi connectivity index (χ0v) is 11.9. The summed E-state index contributed by atoms with van der Waals surface area (Å²) in [6.07, 6.45) is 0. The molecule has 0 aliphatic heterocycles. The Morgan fingerprint density at radius 3 is 2.73 bits per heavy atom. The second kappa shape index (κ2) is 6.86. The van der Waals surface area contributed by atoms with Crippen molar-refractivity contribution in [2.75, 3.05) is 17.2 Å². The van der Waals surface area contributed by atoms with Gasteiger partial charge in [-0.05, 0) is 24.3 Å². The average Bonchev–Trinajstić information content (AvgIpc) is 2.46. The number of rotatable bonds is 5. The van der Waals surface area contributed by atoms with Gasteiger partial charge in [0, 0.05) is 17.8 Å². The molecular weight excluding hydrogens is 313 g/mol. The van der Waals surface area contributed by atoms with Crippen LogP contribution in [0.3, 0.4) is 0 Å². The Morgan fingerprint density at radius 2 is 2.05 bits per heavy atom. The lowest BCUT2D eigenvalue weighted by atomic mass is 10.2. The molecule has 2 aromatic carbocycles. The fraction of sp³-hybridized carbons (Fsp3) is 0.0714. The predicted octanol–water partition coefficient (Wildman–Crippen LogP) is 3.44. The van der Waals surface area contributed by atoms with E-state index in [4.69, 9.17) is 11.6 Å². The van der Waals surface area contributed by atoms with Crippen molar-refractivity contribution >= 4 is 34.6 Å². The van der Waals surface area contributed by atoms with Gasteiger partial charge in [-0.3, -0.25) is 14.9 Å². The molecule has 2 rings (SSSR count). The van der Waals surface area contributed by atoms with E-state index in [1.165, 1.54) is 36.4 Å². The number of carbonyl (C=O) groups excluding carboxylic acids is 1. The Balaban J connectivity index is 1.95. The number of nitro groups is 1. The van der Waals surface area contributed by atoms with Gasteiger partial charge in [0.05, 0.1) is 22.2 Å². The molecule has 0 radical (unpaired) electrons. The maximum absolute atomic E-state index is 12.9. The summed E-state index contributed by atoms with van der Waals surface area (Å²) < 4.78 is 12.9. The minimum Gasteiger partial charge on any atom is -0.375 e. The Kier molecular flexibility index (Phi) is 4.90. The zero-order chi connectivity index (χ0) is 16.1. The van der Waals surface area contributed by atoms with Crippen LogP contribution in [0.5, 0.6) is 0 Å². The van der Waals surface area contributed by atoms with Gasteiger partial charge in [-0.25, -0.2) is 4.39 Å². The van der Waals surface area contributed by atoms with Gasteiger partial charge in [0.15, 0.2) is 0 Å². The summed E-state index contributed by atoms with van der Waals surface area (Å²) in [6, 6.07) is 9.34. The van der Waals surface area contributed by atoms with Gasteiger partial charge in [-0.2, -0.15) is 0 Å². The van der Waals surface area contributed by atoms with Crippen LogP contribution in [0, 0.1) is 15.9 Å². The first-order valence-electron chi connectivity index (χ1n) is 6.19. The number of benzene rings is 2. The van der Waals surface area contributed by atoms with Crippen molar-refractivity contribution in [3.05, 3.63) is 63.4 Å². The normalized spacial score (nSPS) is 10.1. The molecule has 0 atom stereocenters. The van der Waals surface area contributed by atoms with Crippen LogP contribution < -0.4 is 10.6 Å². The quantitative estimate of drug-likeness (QED) is 0.652. The summed E-state index contributed by atoms with van der Waals surface area (Å²) in [6.45, 7) is -0.117. The third-order valence-electron chi connectivity index (χ3n) is 2.71. The molecule has 0 aromatic heterocycles. The minimum absolute atomic E-state index is 0.117. The van der Waals surface area contributed by atoms with Crippen LogP contribution in [0.2, 0.25) is 5.02 Å². The molecule has 114 valence electrons. The monoisotopic (exact) mass is 323 g/mol. The lowest BCUT2D eigenvalue weighted by Gasteiger charge is -2.09. The summed E-state index contributed by atoms with van der Waals surface area (Å²) in [5.74, 6) is -0.891. The van der Waals surface area contributed by atoms with E-state index in [0.29, 0.717) is 11.4 Å². The van der Waals surface area contributed by atoms with E-state index >= 15 is 0 Å². The first kappa shape index (κ1) is 15.7. The topological polar surface area (TPSA) is 84.3 Å². The first-order valence-corrected chi connectivity index (χ1v) is 6.57. The van der Waals surface area contributed by atoms with Crippen LogP contribution in [0.25, 0.3) is 0 Å². The van der Waals surface area contributed by atoms with E-state index in [9.17, 15) is 19.3 Å². The van der Waals surface area contributed by atoms with E-state index in [1.807, 2.05) is 0 Å². The molecule has 0 fully saturated rings. The molecule has 2 N–H and O–H groups in total. The van der Waals surface area contributed by atoms with E-state index in [0.717, 1.165) is 6.07 Å². The van der Waals surface area contributed by atoms with Crippen LogP contribution in [0.1, 0.15) is 0 Å². The fourth-order valence-corrected chi connectivity index (χ4v) is 1.94. The minimum atomic E-state index is -0.549. The number of hydrogen-bond acceptors (Lipinski definition) is 4. The van der Waals surface area contributed by atoms with Gasteiger partial charge in [0.2, 0.25) is 5.91 Å². The van der Waals surface area contributed by atoms with Gasteiger partial charge in [0.25, 0.3) is 5.69 Å². The molecule has 0 bridgehead atoms. The summed E-state index contributed by atoms with van der Waals surface area (Å²) in [5, 5.41) is 16.1. The molecule has 0 saturated heterocycles. The fourth-order valence-electron chi connectivity index (χ4n) is 1.71. The van der Waals surface area contributed by atoms with E-state index in [2.05, 4.69) is 10.6 Å². The molecule has 0 aliphatic rings. The van der Waals surface area contributed by atoms with E-state index in [-0.39, 0.29) is 17.3 Å². The molecular formula is C14H11ClFN3O3. The zero-order valence-electron chi connectivity index (χ0n) is 11.2. The molecule has 1 amide bonds. The second-order valence-electron chi connectivity index (χ2n) is 4.33. The summed E-state index contributed by atoms with van der Waals surface area (Å²) >= 11 is 5.82. The number of halogens is 2. The van der Waals surface area contributed by atoms with Crippen molar-refractivity contribution < 1.29 is 14.1 Å². The lowest BCUT2D eigenvalue weighted by molar-refractivity contribution is -0.384. The molecule has 2 aromatic rings. The lowest BCUT2D eigenvalue weighted by Crippen LogP contribution is -2.21. The molecule has 0 unspecified atom stereocenters. The molecule has 0 aliphatic carbocycles. The van der Waals surface area contributed by atoms with Crippen molar-refractivity contribution in [3.63, 3.8) is 0 Å². The second-order valence-corrected chi connectivity index (χ2v) is 4.74. The number of hydrogen-bond donors (Lipinski definition) is 2. The summed E-state index contributed by atoms with van der Waals surface area (Å²) in [7, 11) is 0. The van der Waals surface area contributed by atoms with Crippen molar-refractivity contribution in [1.82, 2.24) is 0 Å². The number of anilines is 2. The SMILES string of the molecule is O=C(CNc1ccc(F)cc1Cl)Nc1cccc([N+](=O)[O-])c1. The van der Waals surface area contributed by atoms with Gasteiger partial charge >= 0.3 is 0 Å². The van der Waals surface area contributed by atoms with Crippen LogP contribution in [0.4, 0.5) is 21.5 Å². The van der Waals surface area contributed by atoms with Gasteiger partial charge in [-0.1, -0.05) is 17.7 Å². The average molecular weight is 324 g/mol. The van der Waals surface area contributed by atoms with E-state index < -0.39 is 16.6 Å². The smallest absolute Gasteiger partial charge is 0.271 e. The number of nitro benzene ring substituents is 1. The number of amides is 1. The van der Waals surface area contributed by atoms with E-state index in [1.54, 1.807) is 0 Å². The number of nitrogens with one attached hydrogen (secondary N) is 2. The van der Waals surface area contributed by atoms with Crippen LogP contribution >= 0.6 is 11.6 Å². The van der Waals surface area contributed by atoms with Crippen molar-refractivity contribution in [3.8, 4) is 0 Å². The Labute approximate surface area is 130 Å². The Bertz CT molecular complexity index is 724. The van der Waals surface area contributed by atoms with Crippen LogP contribution in [-0.4, -0.2) is 17.4 Å². The third-order valence-corrected chi connectivity index (χ3v) is 3.02. The Hall–Kier alpha value is -2.67. The highest BCUT2D eigenvalue weighted by molar-refractivity contribution is 6.33. The highest BCUT2D eigenvalue weighted by Crippen LogP contribution is 2.22. The standard InChI is InChI=1S/C14H11ClFN3O3/c15-12-6-9(16)4-5-13(12)17-8-14(20)18-10-2-1-3-11(7-10)19(21)22/h1-7,17H,8H2,(H,18,20). The highest BCUT2D eigenvalue weighted by atomic mass is 35.5. The summed E-state index contributed by atoms with van der Waals surface area (Å²) in [4.78, 5) is 21.9. The number of non-ortho nitro benzene ring substituents is 1. The van der Waals surface area contributed by atoms with Crippen molar-refractivity contribution in [2.45, 2.75) is 0 Å². The first-order chi connectivity index (χ1) is 10.5. The maximum Gasteiger partial charge on any atom is 0.271 e.